The van der Waals surface area contributed by atoms with Crippen LogP contribution in [-0.4, -0.2) is 21.2 Å². The first-order valence-electron chi connectivity index (χ1n) is 3.26. The van der Waals surface area contributed by atoms with E-state index in [9.17, 15) is 0 Å². The number of aromatic nitrogens is 2. The molecule has 0 fully saturated rings. The summed E-state index contributed by atoms with van der Waals surface area (Å²) >= 11 is 9.49. The van der Waals surface area contributed by atoms with E-state index in [1.807, 2.05) is 6.26 Å². The zero-order chi connectivity index (χ0) is 9.84. The van der Waals surface area contributed by atoms with Gasteiger partial charge in [-0.25, -0.2) is 4.68 Å². The van der Waals surface area contributed by atoms with Crippen molar-refractivity contribution in [2.45, 2.75) is 10.2 Å². The number of halogens is 1. The van der Waals surface area contributed by atoms with E-state index in [0.29, 0.717) is 11.0 Å². The number of rotatable bonds is 3. The van der Waals surface area contributed by atoms with E-state index in [0.717, 1.165) is 8.29 Å². The Kier molecular flexibility index (Phi) is 6.79. The van der Waals surface area contributed by atoms with Crippen LogP contribution in [0.15, 0.2) is 4.34 Å². The Morgan fingerprint density at radius 2 is 2.43 bits per heavy atom. The lowest BCUT2D eigenvalue weighted by molar-refractivity contribution is -0.110. The number of nitrogens with two attached hydrogens (primary N) is 2. The van der Waals surface area contributed by atoms with E-state index in [2.05, 4.69) is 5.10 Å². The van der Waals surface area contributed by atoms with Gasteiger partial charge in [0.05, 0.1) is 0 Å². The second-order valence-corrected chi connectivity index (χ2v) is 5.71. The Bertz CT molecular complexity index is 359. The van der Waals surface area contributed by atoms with E-state index in [1.165, 1.54) is 23.1 Å². The second kappa shape index (κ2) is 6.67. The maximum Gasteiger partial charge on any atom is 0.301 e. The topological polar surface area (TPSA) is 69.4 Å². The van der Waals surface area contributed by atoms with Crippen molar-refractivity contribution < 1.29 is 17.8 Å². The Labute approximate surface area is 106 Å². The van der Waals surface area contributed by atoms with Crippen LogP contribution < -0.4 is 23.5 Å². The van der Waals surface area contributed by atoms with Gasteiger partial charge in [0.15, 0.2) is 8.29 Å². The molecular weight excluding hydrogens is 280 g/mol. The molecule has 4 N–H and O–H groups in total. The second-order valence-electron chi connectivity index (χ2n) is 2.01. The minimum atomic E-state index is 0. The molecule has 0 unspecified atom stereocenters. The van der Waals surface area contributed by atoms with Crippen LogP contribution in [-0.2, 0) is 5.88 Å². The predicted octanol–water partition coefficient (Wildman–Crippen LogP) is -2.84. The summed E-state index contributed by atoms with van der Waals surface area (Å²) in [6, 6.07) is 0. The van der Waals surface area contributed by atoms with Gasteiger partial charge in [0, 0.05) is 0 Å². The summed E-state index contributed by atoms with van der Waals surface area (Å²) in [5.41, 5.74) is 5.31. The van der Waals surface area contributed by atoms with Crippen LogP contribution in [0.25, 0.3) is 0 Å². The number of hydrogen-bond acceptors (Lipinski definition) is 5. The quantitative estimate of drug-likeness (QED) is 0.272. The number of nitrogens with zero attached hydrogens (tertiary/aromatic N) is 2. The van der Waals surface area contributed by atoms with Gasteiger partial charge in [-0.2, -0.15) is 5.10 Å². The van der Waals surface area contributed by atoms with Gasteiger partial charge in [-0.3, -0.25) is 11.1 Å². The molecule has 1 heterocycles. The number of amidine groups is 1. The first kappa shape index (κ1) is 14.2. The van der Waals surface area contributed by atoms with Crippen LogP contribution in [0.1, 0.15) is 0 Å². The maximum atomic E-state index is 5.31. The third-order valence-corrected chi connectivity index (χ3v) is 4.11. The summed E-state index contributed by atoms with van der Waals surface area (Å²) in [5, 5.41) is 9.89. The van der Waals surface area contributed by atoms with Gasteiger partial charge < -0.3 is 12.4 Å². The lowest BCUT2D eigenvalue weighted by Gasteiger charge is -1.94. The standard InChI is InChI=1S/C5H8N4S4.ClH/c1-11-4-8-9(5(10)13-4)2-12-3(6)7;/h2H2,1H3,(H3,6,7);1H. The highest BCUT2D eigenvalue weighted by atomic mass is 35.5. The highest BCUT2D eigenvalue weighted by molar-refractivity contribution is 8.12. The van der Waals surface area contributed by atoms with Gasteiger partial charge in [-0.1, -0.05) is 23.1 Å². The summed E-state index contributed by atoms with van der Waals surface area (Å²) in [5.74, 6) is 0.582. The minimum absolute atomic E-state index is 0. The zero-order valence-corrected chi connectivity index (χ0v) is 11.3. The lowest BCUT2D eigenvalue weighted by atomic mass is 11.3. The first-order chi connectivity index (χ1) is 6.13. The van der Waals surface area contributed by atoms with Crippen molar-refractivity contribution in [3.63, 3.8) is 0 Å². The van der Waals surface area contributed by atoms with Crippen molar-refractivity contribution in [3.8, 4) is 0 Å². The van der Waals surface area contributed by atoms with Crippen LogP contribution in [0, 0.1) is 3.95 Å². The fraction of sp³-hybridized carbons (Fsp3) is 0.400. The molecule has 80 valence electrons. The Morgan fingerprint density at radius 1 is 1.79 bits per heavy atom. The highest BCUT2D eigenvalue weighted by Gasteiger charge is 2.04. The van der Waals surface area contributed by atoms with Crippen molar-refractivity contribution in [1.29, 1.82) is 0 Å². The smallest absolute Gasteiger partial charge is 0.301 e. The Hall–Kier alpha value is 0.240. The molecule has 0 aliphatic rings. The molecule has 0 spiro atoms. The molecule has 0 aliphatic heterocycles. The third kappa shape index (κ3) is 4.18. The summed E-state index contributed by atoms with van der Waals surface area (Å²) in [4.78, 5) is 0. The molecule has 0 aliphatic carbocycles. The molecule has 4 nitrogen and oxygen atoms in total. The molecule has 1 aromatic rings. The Balaban J connectivity index is 0.00000169. The average molecular weight is 289 g/mol. The fourth-order valence-corrected chi connectivity index (χ4v) is 2.96. The highest BCUT2D eigenvalue weighted by Crippen LogP contribution is 2.19. The molecule has 0 saturated carbocycles. The molecule has 0 bridgehead atoms. The van der Waals surface area contributed by atoms with E-state index >= 15 is 0 Å². The normalized spacial score (nSPS) is 9.50. The van der Waals surface area contributed by atoms with Crippen LogP contribution in [0.3, 0.4) is 0 Å². The summed E-state index contributed by atoms with van der Waals surface area (Å²) in [6.45, 7) is 0. The summed E-state index contributed by atoms with van der Waals surface area (Å²) < 4.78 is 3.43. The monoisotopic (exact) mass is 288 g/mol. The molecule has 0 radical (unpaired) electrons. The van der Waals surface area contributed by atoms with Crippen LogP contribution in [0.5, 0.6) is 0 Å². The number of hydrogen-bond donors (Lipinski definition) is 2. The van der Waals surface area contributed by atoms with Crippen LogP contribution in [0.2, 0.25) is 0 Å². The SMILES string of the molecule is CSc1nn(CSC(N)=[NH2+])c(=S)s1.[Cl-]. The van der Waals surface area contributed by atoms with Crippen LogP contribution in [0.4, 0.5) is 0 Å². The van der Waals surface area contributed by atoms with Gasteiger partial charge >= 0.3 is 5.17 Å². The van der Waals surface area contributed by atoms with Crippen molar-refractivity contribution in [2.75, 3.05) is 6.26 Å². The van der Waals surface area contributed by atoms with Crippen molar-refractivity contribution in [3.05, 3.63) is 3.95 Å². The molecule has 1 aromatic heterocycles. The minimum Gasteiger partial charge on any atom is -1.00 e. The maximum absolute atomic E-state index is 5.31. The van der Waals surface area contributed by atoms with Gasteiger partial charge in [0.25, 0.3) is 0 Å². The van der Waals surface area contributed by atoms with E-state index in [4.69, 9.17) is 23.4 Å². The van der Waals surface area contributed by atoms with Crippen LogP contribution >= 0.6 is 47.1 Å². The van der Waals surface area contributed by atoms with E-state index in [-0.39, 0.29) is 12.4 Å². The molecule has 0 saturated heterocycles. The van der Waals surface area contributed by atoms with Gasteiger partial charge in [-0.05, 0) is 30.2 Å². The van der Waals surface area contributed by atoms with Gasteiger partial charge in [0.2, 0.25) is 0 Å². The van der Waals surface area contributed by atoms with Gasteiger partial charge in [0.1, 0.15) is 5.88 Å². The molecule has 9 heteroatoms. The zero-order valence-electron chi connectivity index (χ0n) is 7.27. The van der Waals surface area contributed by atoms with E-state index in [1.54, 1.807) is 16.4 Å². The van der Waals surface area contributed by atoms with Crippen molar-refractivity contribution in [2.24, 2.45) is 5.73 Å². The largest absolute Gasteiger partial charge is 1.00 e. The molecule has 14 heavy (non-hydrogen) atoms. The molecule has 1 rings (SSSR count). The first-order valence-corrected chi connectivity index (χ1v) is 6.69. The molecule has 0 amide bonds. The van der Waals surface area contributed by atoms with Crippen molar-refractivity contribution >= 4 is 52.2 Å². The predicted molar refractivity (Wildman–Crippen MR) is 61.4 cm³/mol. The Morgan fingerprint density at radius 3 is 2.86 bits per heavy atom. The van der Waals surface area contributed by atoms with Crippen molar-refractivity contribution in [1.82, 2.24) is 9.78 Å². The number of thioether (sulfide) groups is 2. The average Bonchev–Trinajstić information content (AvgIpc) is 2.43. The molecule has 0 atom stereocenters. The van der Waals surface area contributed by atoms with E-state index < -0.39 is 0 Å². The van der Waals surface area contributed by atoms with Gasteiger partial charge in [-0.15, -0.1) is 0 Å². The molecule has 0 aromatic carbocycles. The lowest BCUT2D eigenvalue weighted by Crippen LogP contribution is -3.00. The fourth-order valence-electron chi connectivity index (χ4n) is 0.587. The summed E-state index contributed by atoms with van der Waals surface area (Å²) in [7, 11) is 0. The molecular formula is C5H9ClN4S4. The summed E-state index contributed by atoms with van der Waals surface area (Å²) in [6.07, 6.45) is 1.97. The third-order valence-electron chi connectivity index (χ3n) is 1.12.